The maximum atomic E-state index is 14.2. The first-order chi connectivity index (χ1) is 19.1. The number of aryl methyl sites for hydroxylation is 1. The Kier molecular flexibility index (Phi) is 7.98. The van der Waals surface area contributed by atoms with E-state index in [4.69, 9.17) is 26.2 Å². The summed E-state index contributed by atoms with van der Waals surface area (Å²) in [4.78, 5) is 16.0. The molecule has 0 unspecified atom stereocenters. The van der Waals surface area contributed by atoms with Crippen molar-refractivity contribution in [3.05, 3.63) is 80.3 Å². The zero-order valence-electron chi connectivity index (χ0n) is 21.1. The summed E-state index contributed by atoms with van der Waals surface area (Å²) in [5.41, 5.74) is 1.50. The molecule has 5 rings (SSSR count). The van der Waals surface area contributed by atoms with Crippen LogP contribution in [0.4, 0.5) is 13.2 Å². The number of alkyl halides is 3. The van der Waals surface area contributed by atoms with Gasteiger partial charge in [0.05, 0.1) is 41.8 Å². The Hall–Kier alpha value is -3.29. The summed E-state index contributed by atoms with van der Waals surface area (Å²) >= 11 is 9.06. The van der Waals surface area contributed by atoms with Gasteiger partial charge in [-0.2, -0.15) is 13.2 Å². The van der Waals surface area contributed by atoms with E-state index in [1.807, 2.05) is 6.07 Å². The van der Waals surface area contributed by atoms with Gasteiger partial charge in [-0.15, -0.1) is 33.3 Å². The summed E-state index contributed by atoms with van der Waals surface area (Å²) < 4.78 is 54.8. The number of benzene rings is 2. The van der Waals surface area contributed by atoms with E-state index >= 15 is 0 Å². The maximum absolute atomic E-state index is 14.2. The van der Waals surface area contributed by atoms with Crippen molar-refractivity contribution in [2.75, 3.05) is 14.2 Å². The smallest absolute Gasteiger partial charge is 0.452 e. The Balaban J connectivity index is 1.65. The molecule has 40 heavy (non-hydrogen) atoms. The van der Waals surface area contributed by atoms with Crippen LogP contribution in [0.25, 0.3) is 5.69 Å². The Morgan fingerprint density at radius 2 is 1.95 bits per heavy atom. The molecule has 1 aliphatic rings. The molecule has 0 spiro atoms. The van der Waals surface area contributed by atoms with Crippen LogP contribution >= 0.6 is 34.7 Å². The SMILES string of the molecule is COc1cccc([C@H]2S[C@H](CCc3ncc(CC(=O)O)s3)c3nnc(C(F)(F)F)n3-c3ccc(Cl)cc32)c1OC. The van der Waals surface area contributed by atoms with Gasteiger partial charge in [-0.3, -0.25) is 9.36 Å². The van der Waals surface area contributed by atoms with Crippen molar-refractivity contribution in [1.29, 1.82) is 0 Å². The van der Waals surface area contributed by atoms with E-state index < -0.39 is 28.5 Å². The molecule has 1 aliphatic heterocycles. The number of thiazole rings is 1. The summed E-state index contributed by atoms with van der Waals surface area (Å²) in [6.07, 6.45) is -2.63. The summed E-state index contributed by atoms with van der Waals surface area (Å²) in [6, 6.07) is 10.1. The molecular weight excluding hydrogens is 589 g/mol. The highest BCUT2D eigenvalue weighted by atomic mass is 35.5. The molecule has 0 fully saturated rings. The topological polar surface area (TPSA) is 99.4 Å². The van der Waals surface area contributed by atoms with Crippen LogP contribution in [-0.4, -0.2) is 45.0 Å². The molecule has 0 radical (unpaired) electrons. The lowest BCUT2D eigenvalue weighted by atomic mass is 10.0. The lowest BCUT2D eigenvalue weighted by Gasteiger charge is -2.24. The van der Waals surface area contributed by atoms with Gasteiger partial charge < -0.3 is 14.6 Å². The molecule has 1 N–H and O–H groups in total. The average molecular weight is 611 g/mol. The quantitative estimate of drug-likeness (QED) is 0.240. The van der Waals surface area contributed by atoms with Crippen molar-refractivity contribution >= 4 is 40.7 Å². The van der Waals surface area contributed by atoms with Crippen LogP contribution in [0.1, 0.15) is 49.6 Å². The van der Waals surface area contributed by atoms with Crippen LogP contribution in [0.2, 0.25) is 5.02 Å². The lowest BCUT2D eigenvalue weighted by Crippen LogP contribution is -2.16. The van der Waals surface area contributed by atoms with Crippen LogP contribution in [0.5, 0.6) is 11.5 Å². The third kappa shape index (κ3) is 5.50. The highest BCUT2D eigenvalue weighted by molar-refractivity contribution is 8.00. The number of para-hydroxylation sites is 1. The van der Waals surface area contributed by atoms with E-state index in [2.05, 4.69) is 15.2 Å². The minimum atomic E-state index is -4.76. The van der Waals surface area contributed by atoms with Crippen LogP contribution < -0.4 is 9.47 Å². The Morgan fingerprint density at radius 3 is 2.65 bits per heavy atom. The maximum Gasteiger partial charge on any atom is 0.452 e. The lowest BCUT2D eigenvalue weighted by molar-refractivity contribution is -0.146. The first-order valence-corrected chi connectivity index (χ1v) is 14.1. The predicted molar refractivity (Wildman–Crippen MR) is 145 cm³/mol. The minimum absolute atomic E-state index is 0.146. The van der Waals surface area contributed by atoms with E-state index in [9.17, 15) is 18.0 Å². The number of ether oxygens (including phenoxy) is 2. The van der Waals surface area contributed by atoms with Crippen molar-refractivity contribution in [1.82, 2.24) is 19.7 Å². The summed E-state index contributed by atoms with van der Waals surface area (Å²) in [6.45, 7) is 0. The highest BCUT2D eigenvalue weighted by Crippen LogP contribution is 2.54. The van der Waals surface area contributed by atoms with E-state index in [1.165, 1.54) is 49.6 Å². The fourth-order valence-electron chi connectivity index (χ4n) is 4.67. The molecule has 2 aromatic carbocycles. The standard InChI is InChI=1S/C26H22ClF3N4O4S2/c1-37-18-5-3-4-15(22(18)38-2)23-16-10-13(27)6-7-17(16)34-24(32-33-25(34)26(28,29)30)19(40-23)8-9-20-31-12-14(39-20)11-21(35)36/h3-7,10,12,19,23H,8-9,11H2,1-2H3,(H,35,36)/t19-,23-/m1/s1. The van der Waals surface area contributed by atoms with Crippen LogP contribution in [0, 0.1) is 0 Å². The third-order valence-corrected chi connectivity index (χ3v) is 9.15. The van der Waals surface area contributed by atoms with Crippen molar-refractivity contribution in [3.63, 3.8) is 0 Å². The zero-order valence-corrected chi connectivity index (χ0v) is 23.5. The summed E-state index contributed by atoms with van der Waals surface area (Å²) in [5, 5.41) is 16.6. The Morgan fingerprint density at radius 1 is 1.15 bits per heavy atom. The number of aromatic nitrogens is 4. The summed E-state index contributed by atoms with van der Waals surface area (Å²) in [5.74, 6) is -1.01. The number of fused-ring (bicyclic) bond motifs is 3. The minimum Gasteiger partial charge on any atom is -0.493 e. The van der Waals surface area contributed by atoms with Gasteiger partial charge in [-0.05, 0) is 36.2 Å². The molecule has 0 amide bonds. The first kappa shape index (κ1) is 28.2. The largest absolute Gasteiger partial charge is 0.493 e. The van der Waals surface area contributed by atoms with E-state index in [-0.39, 0.29) is 17.9 Å². The van der Waals surface area contributed by atoms with Gasteiger partial charge in [0.15, 0.2) is 17.3 Å². The number of hydrogen-bond acceptors (Lipinski definition) is 8. The van der Waals surface area contributed by atoms with Crippen molar-refractivity contribution in [2.24, 2.45) is 0 Å². The monoisotopic (exact) mass is 610 g/mol. The van der Waals surface area contributed by atoms with Crippen LogP contribution in [-0.2, 0) is 23.8 Å². The number of methoxy groups -OCH3 is 2. The second-order valence-electron chi connectivity index (χ2n) is 8.84. The average Bonchev–Trinajstić information content (AvgIpc) is 3.52. The molecule has 0 aliphatic carbocycles. The number of carboxylic acids is 1. The zero-order chi connectivity index (χ0) is 28.6. The molecule has 0 bridgehead atoms. The number of thioether (sulfide) groups is 1. The normalized spacial score (nSPS) is 16.6. The van der Waals surface area contributed by atoms with Crippen LogP contribution in [0.15, 0.2) is 42.6 Å². The van der Waals surface area contributed by atoms with Gasteiger partial charge in [0.1, 0.15) is 0 Å². The van der Waals surface area contributed by atoms with Gasteiger partial charge in [0.2, 0.25) is 5.82 Å². The van der Waals surface area contributed by atoms with Gasteiger partial charge in [-0.1, -0.05) is 23.7 Å². The third-order valence-electron chi connectivity index (χ3n) is 6.31. The fourth-order valence-corrected chi connectivity index (χ4v) is 7.30. The van der Waals surface area contributed by atoms with Crippen molar-refractivity contribution in [3.8, 4) is 17.2 Å². The van der Waals surface area contributed by atoms with E-state index in [1.54, 1.807) is 24.3 Å². The number of carboxylic acid groups (broad SMARTS) is 1. The number of aliphatic carboxylic acids is 1. The fraction of sp³-hybridized carbons (Fsp3) is 0.308. The second kappa shape index (κ2) is 11.3. The first-order valence-electron chi connectivity index (χ1n) is 11.9. The molecule has 0 saturated carbocycles. The van der Waals surface area contributed by atoms with E-state index in [0.717, 1.165) is 4.57 Å². The Bertz CT molecular complexity index is 1560. The molecular formula is C26H22ClF3N4O4S2. The molecule has 0 saturated heterocycles. The van der Waals surface area contributed by atoms with E-state index in [0.29, 0.717) is 50.4 Å². The number of carbonyl (C=O) groups is 1. The Labute approximate surface area is 240 Å². The number of hydrogen-bond donors (Lipinski definition) is 1. The van der Waals surface area contributed by atoms with Gasteiger partial charge in [0, 0.05) is 28.1 Å². The van der Waals surface area contributed by atoms with Crippen LogP contribution in [0.3, 0.4) is 0 Å². The molecule has 2 aromatic heterocycles. The van der Waals surface area contributed by atoms with Gasteiger partial charge >= 0.3 is 12.1 Å². The number of rotatable bonds is 8. The number of nitrogens with zero attached hydrogens (tertiary/aromatic N) is 4. The predicted octanol–water partition coefficient (Wildman–Crippen LogP) is 6.55. The molecule has 8 nitrogen and oxygen atoms in total. The molecule has 4 aromatic rings. The van der Waals surface area contributed by atoms with Gasteiger partial charge in [-0.25, -0.2) is 4.98 Å². The second-order valence-corrected chi connectivity index (χ2v) is 11.8. The molecule has 210 valence electrons. The highest BCUT2D eigenvalue weighted by Gasteiger charge is 2.43. The molecule has 3 heterocycles. The number of halogens is 4. The molecule has 14 heteroatoms. The molecule has 2 atom stereocenters. The summed E-state index contributed by atoms with van der Waals surface area (Å²) in [7, 11) is 3.02. The van der Waals surface area contributed by atoms with Crippen molar-refractivity contribution in [2.45, 2.75) is 35.9 Å². The van der Waals surface area contributed by atoms with Crippen molar-refractivity contribution < 1.29 is 32.5 Å². The van der Waals surface area contributed by atoms with Gasteiger partial charge in [0.25, 0.3) is 0 Å².